The number of methoxy groups -OCH3 is 1. The number of nitrogens with one attached hydrogen (secondary N) is 1. The summed E-state index contributed by atoms with van der Waals surface area (Å²) in [6.45, 7) is 0. The van der Waals surface area contributed by atoms with Crippen molar-refractivity contribution >= 4 is 22.9 Å². The molecule has 1 unspecified atom stereocenters. The summed E-state index contributed by atoms with van der Waals surface area (Å²) in [5, 5.41) is 3.39. The van der Waals surface area contributed by atoms with Crippen molar-refractivity contribution in [1.29, 1.82) is 0 Å². The Morgan fingerprint density at radius 1 is 1.56 bits per heavy atom. The van der Waals surface area contributed by atoms with E-state index in [-0.39, 0.29) is 5.60 Å². The average molecular weight is 260 g/mol. The van der Waals surface area contributed by atoms with E-state index in [0.29, 0.717) is 6.04 Å². The van der Waals surface area contributed by atoms with Crippen LogP contribution in [0.25, 0.3) is 0 Å². The number of ether oxygens (including phenoxy) is 1. The highest BCUT2D eigenvalue weighted by Gasteiger charge is 2.43. The summed E-state index contributed by atoms with van der Waals surface area (Å²) in [5.41, 5.74) is 0.0468. The zero-order valence-electron chi connectivity index (χ0n) is 9.75. The van der Waals surface area contributed by atoms with Crippen LogP contribution in [-0.2, 0) is 11.2 Å². The lowest BCUT2D eigenvalue weighted by Gasteiger charge is -2.46. The van der Waals surface area contributed by atoms with Gasteiger partial charge in [-0.2, -0.15) is 0 Å². The van der Waals surface area contributed by atoms with Crippen molar-refractivity contribution < 1.29 is 4.74 Å². The van der Waals surface area contributed by atoms with E-state index in [2.05, 4.69) is 11.4 Å². The van der Waals surface area contributed by atoms with Crippen LogP contribution < -0.4 is 5.32 Å². The van der Waals surface area contributed by atoms with Crippen LogP contribution in [-0.4, -0.2) is 25.8 Å². The molecule has 0 bridgehead atoms. The Labute approximate surface area is 106 Å². The Morgan fingerprint density at radius 3 is 2.69 bits per heavy atom. The van der Waals surface area contributed by atoms with Crippen LogP contribution in [0.1, 0.15) is 24.1 Å². The quantitative estimate of drug-likeness (QED) is 0.877. The van der Waals surface area contributed by atoms with Gasteiger partial charge in [-0.1, -0.05) is 11.6 Å². The van der Waals surface area contributed by atoms with Crippen LogP contribution >= 0.6 is 22.9 Å². The fraction of sp³-hybridized carbons (Fsp3) is 0.667. The number of thiophene rings is 1. The van der Waals surface area contributed by atoms with Crippen molar-refractivity contribution in [2.45, 2.75) is 37.3 Å². The zero-order chi connectivity index (χ0) is 11.6. The van der Waals surface area contributed by atoms with E-state index in [1.54, 1.807) is 11.3 Å². The predicted octanol–water partition coefficient (Wildman–Crippen LogP) is 3.10. The van der Waals surface area contributed by atoms with E-state index in [4.69, 9.17) is 16.3 Å². The van der Waals surface area contributed by atoms with Crippen LogP contribution in [0.3, 0.4) is 0 Å². The molecule has 0 amide bonds. The van der Waals surface area contributed by atoms with E-state index in [1.807, 2.05) is 20.2 Å². The third kappa shape index (κ3) is 2.28. The van der Waals surface area contributed by atoms with Crippen molar-refractivity contribution in [3.63, 3.8) is 0 Å². The summed E-state index contributed by atoms with van der Waals surface area (Å²) in [6, 6.07) is 4.47. The van der Waals surface area contributed by atoms with Gasteiger partial charge in [-0.25, -0.2) is 0 Å². The Kier molecular flexibility index (Phi) is 3.90. The summed E-state index contributed by atoms with van der Waals surface area (Å²) < 4.78 is 6.58. The van der Waals surface area contributed by atoms with Crippen LogP contribution in [0.15, 0.2) is 12.1 Å². The molecule has 1 fully saturated rings. The average Bonchev–Trinajstić information content (AvgIpc) is 2.61. The van der Waals surface area contributed by atoms with Gasteiger partial charge in [0.1, 0.15) is 0 Å². The van der Waals surface area contributed by atoms with Crippen LogP contribution in [0.5, 0.6) is 0 Å². The molecule has 1 aromatic heterocycles. The fourth-order valence-electron chi connectivity index (χ4n) is 2.43. The van der Waals surface area contributed by atoms with Crippen molar-refractivity contribution in [1.82, 2.24) is 5.32 Å². The minimum absolute atomic E-state index is 0.0468. The molecule has 16 heavy (non-hydrogen) atoms. The van der Waals surface area contributed by atoms with E-state index >= 15 is 0 Å². The maximum Gasteiger partial charge on any atom is 0.0931 e. The standard InChI is InChI=1S/C12H18ClNOS/c1-14-10(12(15-2)6-3-7-12)8-9-4-5-11(13)16-9/h4-5,10,14H,3,6-8H2,1-2H3. The summed E-state index contributed by atoms with van der Waals surface area (Å²) in [6.07, 6.45) is 4.60. The molecule has 0 aliphatic heterocycles. The second-order valence-electron chi connectivity index (χ2n) is 4.37. The summed E-state index contributed by atoms with van der Waals surface area (Å²) in [4.78, 5) is 1.33. The Morgan fingerprint density at radius 2 is 2.31 bits per heavy atom. The highest BCUT2D eigenvalue weighted by atomic mass is 35.5. The molecule has 1 aliphatic rings. The molecule has 90 valence electrons. The molecule has 1 aromatic rings. The van der Waals surface area contributed by atoms with Gasteiger partial charge in [0.2, 0.25) is 0 Å². The molecule has 2 rings (SSSR count). The molecule has 0 saturated heterocycles. The topological polar surface area (TPSA) is 21.3 Å². The first-order valence-electron chi connectivity index (χ1n) is 5.67. The molecule has 0 aromatic carbocycles. The minimum atomic E-state index is 0.0468. The molecular formula is C12H18ClNOS. The molecule has 0 radical (unpaired) electrons. The number of rotatable bonds is 5. The monoisotopic (exact) mass is 259 g/mol. The SMILES string of the molecule is CNC(Cc1ccc(Cl)s1)C1(OC)CCC1. The fourth-order valence-corrected chi connectivity index (χ4v) is 3.57. The van der Waals surface area contributed by atoms with Gasteiger partial charge in [-0.05, 0) is 44.9 Å². The normalized spacial score (nSPS) is 20.4. The highest BCUT2D eigenvalue weighted by molar-refractivity contribution is 7.16. The van der Waals surface area contributed by atoms with Gasteiger partial charge < -0.3 is 10.1 Å². The first-order chi connectivity index (χ1) is 7.70. The molecular weight excluding hydrogens is 242 g/mol. The van der Waals surface area contributed by atoms with Gasteiger partial charge in [0.05, 0.1) is 9.94 Å². The maximum absolute atomic E-state index is 5.95. The van der Waals surface area contributed by atoms with Gasteiger partial charge in [-0.3, -0.25) is 0 Å². The molecule has 1 saturated carbocycles. The second-order valence-corrected chi connectivity index (χ2v) is 6.17. The molecule has 4 heteroatoms. The number of hydrogen-bond donors (Lipinski definition) is 1. The molecule has 2 nitrogen and oxygen atoms in total. The van der Waals surface area contributed by atoms with Crippen LogP contribution in [0.4, 0.5) is 0 Å². The van der Waals surface area contributed by atoms with Gasteiger partial charge >= 0.3 is 0 Å². The highest BCUT2D eigenvalue weighted by Crippen LogP contribution is 2.39. The largest absolute Gasteiger partial charge is 0.377 e. The van der Waals surface area contributed by atoms with Crippen molar-refractivity contribution in [3.05, 3.63) is 21.3 Å². The van der Waals surface area contributed by atoms with E-state index in [1.165, 1.54) is 11.3 Å². The molecule has 0 spiro atoms. The lowest BCUT2D eigenvalue weighted by Crippen LogP contribution is -2.56. The van der Waals surface area contributed by atoms with E-state index in [0.717, 1.165) is 23.6 Å². The third-order valence-corrected chi connectivity index (χ3v) is 4.88. The summed E-state index contributed by atoms with van der Waals surface area (Å²) in [5.74, 6) is 0. The lowest BCUT2D eigenvalue weighted by atomic mass is 9.73. The predicted molar refractivity (Wildman–Crippen MR) is 69.5 cm³/mol. The van der Waals surface area contributed by atoms with E-state index in [9.17, 15) is 0 Å². The minimum Gasteiger partial charge on any atom is -0.377 e. The van der Waals surface area contributed by atoms with Gasteiger partial charge in [-0.15, -0.1) is 11.3 Å². The zero-order valence-corrected chi connectivity index (χ0v) is 11.3. The van der Waals surface area contributed by atoms with Gasteiger partial charge in [0.25, 0.3) is 0 Å². The maximum atomic E-state index is 5.95. The molecule has 1 atom stereocenters. The Bertz CT molecular complexity index is 343. The van der Waals surface area contributed by atoms with Gasteiger partial charge in [0, 0.05) is 18.0 Å². The summed E-state index contributed by atoms with van der Waals surface area (Å²) in [7, 11) is 3.84. The second kappa shape index (κ2) is 5.05. The van der Waals surface area contributed by atoms with Crippen molar-refractivity contribution in [2.75, 3.05) is 14.2 Å². The number of halogens is 1. The number of hydrogen-bond acceptors (Lipinski definition) is 3. The smallest absolute Gasteiger partial charge is 0.0931 e. The lowest BCUT2D eigenvalue weighted by molar-refractivity contribution is -0.0965. The molecule has 1 N–H and O–H groups in total. The van der Waals surface area contributed by atoms with Crippen LogP contribution in [0.2, 0.25) is 4.34 Å². The molecule has 1 aliphatic carbocycles. The van der Waals surface area contributed by atoms with Crippen molar-refractivity contribution in [2.24, 2.45) is 0 Å². The van der Waals surface area contributed by atoms with Crippen LogP contribution in [0, 0.1) is 0 Å². The number of likely N-dealkylation sites (N-methyl/N-ethyl adjacent to an activating group) is 1. The Balaban J connectivity index is 2.05. The van der Waals surface area contributed by atoms with E-state index < -0.39 is 0 Å². The van der Waals surface area contributed by atoms with Crippen molar-refractivity contribution in [3.8, 4) is 0 Å². The van der Waals surface area contributed by atoms with Gasteiger partial charge in [0.15, 0.2) is 0 Å². The Hall–Kier alpha value is -0.0900. The molecule has 1 heterocycles. The third-order valence-electron chi connectivity index (χ3n) is 3.62. The first-order valence-corrected chi connectivity index (χ1v) is 6.86. The first kappa shape index (κ1) is 12.4. The summed E-state index contributed by atoms with van der Waals surface area (Å²) >= 11 is 7.61.